The first-order valence-electron chi connectivity index (χ1n) is 2.79. The Balaban J connectivity index is 2.53. The van der Waals surface area contributed by atoms with Crippen LogP contribution >= 0.6 is 11.8 Å². The average molecular weight is 172 g/mol. The predicted octanol–water partition coefficient (Wildman–Crippen LogP) is -0.326. The quantitative estimate of drug-likeness (QED) is 0.457. The maximum Gasteiger partial charge on any atom is 0.286 e. The van der Waals surface area contributed by atoms with Gasteiger partial charge in [0, 0.05) is 0 Å². The summed E-state index contributed by atoms with van der Waals surface area (Å²) in [5.74, 6) is -0.390. The predicted molar refractivity (Wildman–Crippen MR) is 37.9 cm³/mol. The minimum absolute atomic E-state index is 0.0196. The Labute approximate surface area is 66.2 Å². The summed E-state index contributed by atoms with van der Waals surface area (Å²) in [5.41, 5.74) is 0. The Kier molecular flexibility index (Phi) is 2.40. The molecule has 0 aromatic carbocycles. The number of carbonyl (C=O) groups is 2. The van der Waals surface area contributed by atoms with Gasteiger partial charge in [-0.25, -0.2) is 9.79 Å². The molecular formula is C5H4N2O3S. The number of isocyanates is 1. The zero-order valence-electron chi connectivity index (χ0n) is 5.36. The van der Waals surface area contributed by atoms with Gasteiger partial charge in [0.25, 0.3) is 5.24 Å². The van der Waals surface area contributed by atoms with Gasteiger partial charge in [0.05, 0.1) is 6.54 Å². The highest BCUT2D eigenvalue weighted by molar-refractivity contribution is 8.15. The highest BCUT2D eigenvalue weighted by atomic mass is 32.2. The van der Waals surface area contributed by atoms with Gasteiger partial charge in [-0.15, -0.1) is 0 Å². The van der Waals surface area contributed by atoms with Crippen molar-refractivity contribution in [2.45, 2.75) is 5.25 Å². The van der Waals surface area contributed by atoms with Crippen molar-refractivity contribution in [1.82, 2.24) is 5.32 Å². The molecule has 0 aromatic heterocycles. The van der Waals surface area contributed by atoms with Crippen LogP contribution in [0.4, 0.5) is 4.79 Å². The Hall–Kier alpha value is -1.13. The van der Waals surface area contributed by atoms with Crippen LogP contribution in [0.15, 0.2) is 4.99 Å². The molecule has 11 heavy (non-hydrogen) atoms. The summed E-state index contributed by atoms with van der Waals surface area (Å²) < 4.78 is 0. The molecule has 1 fully saturated rings. The first kappa shape index (κ1) is 7.97. The van der Waals surface area contributed by atoms with Crippen molar-refractivity contribution in [3.8, 4) is 0 Å². The SMILES string of the molecule is O=C=NCC1SC(=O)NC1=O. The van der Waals surface area contributed by atoms with Gasteiger partial charge >= 0.3 is 0 Å². The van der Waals surface area contributed by atoms with Gasteiger partial charge in [-0.3, -0.25) is 14.9 Å². The summed E-state index contributed by atoms with van der Waals surface area (Å²) in [6.07, 6.45) is 1.30. The van der Waals surface area contributed by atoms with Crippen molar-refractivity contribution in [2.75, 3.05) is 6.54 Å². The number of hydrogen-bond donors (Lipinski definition) is 1. The Morgan fingerprint density at radius 1 is 1.64 bits per heavy atom. The second-order valence-electron chi connectivity index (χ2n) is 1.82. The van der Waals surface area contributed by atoms with Crippen molar-refractivity contribution in [3.05, 3.63) is 0 Å². The van der Waals surface area contributed by atoms with Crippen LogP contribution < -0.4 is 5.32 Å². The largest absolute Gasteiger partial charge is 0.286 e. The number of aliphatic imine (C=N–C) groups is 1. The fourth-order valence-electron chi connectivity index (χ4n) is 0.634. The van der Waals surface area contributed by atoms with E-state index in [4.69, 9.17) is 0 Å². The van der Waals surface area contributed by atoms with Crippen LogP contribution in [-0.4, -0.2) is 29.0 Å². The molecule has 1 unspecified atom stereocenters. The first-order chi connectivity index (χ1) is 5.24. The van der Waals surface area contributed by atoms with Crippen molar-refractivity contribution in [3.63, 3.8) is 0 Å². The topological polar surface area (TPSA) is 75.6 Å². The van der Waals surface area contributed by atoms with Gasteiger partial charge in [0.1, 0.15) is 5.25 Å². The fourth-order valence-corrected chi connectivity index (χ4v) is 1.37. The number of thioether (sulfide) groups is 1. The van der Waals surface area contributed by atoms with Crippen LogP contribution in [0.2, 0.25) is 0 Å². The zero-order valence-corrected chi connectivity index (χ0v) is 6.18. The number of rotatable bonds is 2. The molecule has 1 aliphatic heterocycles. The van der Waals surface area contributed by atoms with Crippen LogP contribution in [0.3, 0.4) is 0 Å². The van der Waals surface area contributed by atoms with E-state index in [0.29, 0.717) is 0 Å². The molecular weight excluding hydrogens is 168 g/mol. The van der Waals surface area contributed by atoms with Crippen LogP contribution in [0.1, 0.15) is 0 Å². The van der Waals surface area contributed by atoms with Crippen LogP contribution in [0.5, 0.6) is 0 Å². The zero-order chi connectivity index (χ0) is 8.27. The van der Waals surface area contributed by atoms with E-state index >= 15 is 0 Å². The summed E-state index contributed by atoms with van der Waals surface area (Å²) >= 11 is 0.841. The minimum atomic E-state index is -0.552. The summed E-state index contributed by atoms with van der Waals surface area (Å²) in [6.45, 7) is 0.0196. The Morgan fingerprint density at radius 3 is 2.82 bits per heavy atom. The number of hydrogen-bond acceptors (Lipinski definition) is 5. The number of nitrogens with one attached hydrogen (secondary N) is 1. The number of amides is 2. The van der Waals surface area contributed by atoms with E-state index < -0.39 is 5.25 Å². The van der Waals surface area contributed by atoms with E-state index in [1.165, 1.54) is 6.08 Å². The number of imide groups is 1. The van der Waals surface area contributed by atoms with Gasteiger partial charge in [-0.1, -0.05) is 0 Å². The van der Waals surface area contributed by atoms with E-state index in [9.17, 15) is 14.4 Å². The van der Waals surface area contributed by atoms with Crippen molar-refractivity contribution >= 4 is 29.0 Å². The van der Waals surface area contributed by atoms with E-state index in [0.717, 1.165) is 11.8 Å². The maximum atomic E-state index is 10.7. The second-order valence-corrected chi connectivity index (χ2v) is 2.99. The summed E-state index contributed by atoms with van der Waals surface area (Å²) in [6, 6.07) is 0. The minimum Gasteiger partial charge on any atom is -0.286 e. The molecule has 1 rings (SSSR count). The molecule has 1 atom stereocenters. The van der Waals surface area contributed by atoms with Gasteiger partial charge < -0.3 is 0 Å². The van der Waals surface area contributed by atoms with Crippen LogP contribution in [0, 0.1) is 0 Å². The first-order valence-corrected chi connectivity index (χ1v) is 3.67. The summed E-state index contributed by atoms with van der Waals surface area (Å²) in [4.78, 5) is 34.1. The normalized spacial score (nSPS) is 22.7. The Morgan fingerprint density at radius 2 is 2.36 bits per heavy atom. The highest BCUT2D eigenvalue weighted by Crippen LogP contribution is 2.18. The monoisotopic (exact) mass is 172 g/mol. The lowest BCUT2D eigenvalue weighted by molar-refractivity contribution is -0.118. The van der Waals surface area contributed by atoms with Crippen molar-refractivity contribution < 1.29 is 14.4 Å². The molecule has 2 amide bonds. The van der Waals surface area contributed by atoms with Crippen LogP contribution in [0.25, 0.3) is 0 Å². The lowest BCUT2D eigenvalue weighted by Crippen LogP contribution is -2.25. The van der Waals surface area contributed by atoms with Gasteiger partial charge in [-0.2, -0.15) is 0 Å². The Bertz CT molecular complexity index is 246. The molecule has 6 heteroatoms. The molecule has 0 radical (unpaired) electrons. The second kappa shape index (κ2) is 3.32. The van der Waals surface area contributed by atoms with Crippen LogP contribution in [-0.2, 0) is 9.59 Å². The smallest absolute Gasteiger partial charge is 0.286 e. The summed E-state index contributed by atoms with van der Waals surface area (Å²) in [7, 11) is 0. The lowest BCUT2D eigenvalue weighted by atomic mass is 10.4. The molecule has 1 heterocycles. The molecule has 0 spiro atoms. The number of nitrogens with zero attached hydrogens (tertiary/aromatic N) is 1. The van der Waals surface area contributed by atoms with Gasteiger partial charge in [-0.05, 0) is 11.8 Å². The van der Waals surface area contributed by atoms with Gasteiger partial charge in [0.15, 0.2) is 0 Å². The third-order valence-electron chi connectivity index (χ3n) is 1.09. The molecule has 0 saturated carbocycles. The van der Waals surface area contributed by atoms with E-state index in [-0.39, 0.29) is 17.7 Å². The standard InChI is InChI=1S/C5H4N2O3S/c8-2-6-1-3-4(9)7-5(10)11-3/h3H,1H2,(H,7,9,10). The molecule has 1 N–H and O–H groups in total. The van der Waals surface area contributed by atoms with E-state index in [1.807, 2.05) is 0 Å². The third-order valence-corrected chi connectivity index (χ3v) is 2.05. The van der Waals surface area contributed by atoms with Crippen molar-refractivity contribution in [2.24, 2.45) is 4.99 Å². The molecule has 1 saturated heterocycles. The molecule has 0 aliphatic carbocycles. The molecule has 5 nitrogen and oxygen atoms in total. The maximum absolute atomic E-state index is 10.7. The van der Waals surface area contributed by atoms with E-state index in [2.05, 4.69) is 10.3 Å². The van der Waals surface area contributed by atoms with Gasteiger partial charge in [0.2, 0.25) is 12.0 Å². The third kappa shape index (κ3) is 1.89. The lowest BCUT2D eigenvalue weighted by Gasteiger charge is -1.94. The number of carbonyl (C=O) groups excluding carboxylic acids is 3. The molecule has 0 bridgehead atoms. The molecule has 1 aliphatic rings. The molecule has 0 aromatic rings. The van der Waals surface area contributed by atoms with E-state index in [1.54, 1.807) is 0 Å². The fraction of sp³-hybridized carbons (Fsp3) is 0.400. The average Bonchev–Trinajstić information content (AvgIpc) is 2.26. The molecule has 58 valence electrons. The summed E-state index contributed by atoms with van der Waals surface area (Å²) in [5, 5.41) is 1.13. The highest BCUT2D eigenvalue weighted by Gasteiger charge is 2.30. The van der Waals surface area contributed by atoms with Crippen molar-refractivity contribution in [1.29, 1.82) is 0 Å².